The largest absolute Gasteiger partial charge is 0.455 e. The molecule has 0 unspecified atom stereocenters. The lowest BCUT2D eigenvalue weighted by molar-refractivity contribution is 0.454. The van der Waals surface area contributed by atoms with Crippen LogP contribution in [0.25, 0.3) is 0 Å². The lowest BCUT2D eigenvalue weighted by atomic mass is 9.33. The molecule has 0 atom stereocenters. The third-order valence-corrected chi connectivity index (χ3v) is 17.1. The van der Waals surface area contributed by atoms with Gasteiger partial charge in [-0.1, -0.05) is 102 Å². The van der Waals surface area contributed by atoms with E-state index in [0.717, 1.165) is 119 Å². The second kappa shape index (κ2) is 13.9. The van der Waals surface area contributed by atoms with Crippen LogP contribution in [0.15, 0.2) is 215 Å². The van der Waals surface area contributed by atoms with Crippen molar-refractivity contribution in [2.45, 2.75) is 39.2 Å². The summed E-state index contributed by atoms with van der Waals surface area (Å²) in [5.74, 6) is 6.87. The maximum atomic E-state index is 6.76. The van der Waals surface area contributed by atoms with Crippen LogP contribution in [0, 0.1) is 0 Å². The summed E-state index contributed by atoms with van der Waals surface area (Å²) in [6, 6.07) is 62.3. The fraction of sp³-hybridized carbons (Fsp3) is 0. The topological polar surface area (TPSA) is 43.4 Å². The van der Waals surface area contributed by atoms with Crippen LogP contribution in [0.1, 0.15) is 0 Å². The highest BCUT2D eigenvalue weighted by Crippen LogP contribution is 2.56. The molecule has 65 heavy (non-hydrogen) atoms. The number of para-hydroxylation sites is 4. The zero-order chi connectivity index (χ0) is 42.3. The monoisotopic (exact) mass is 908 g/mol. The number of anilines is 6. The predicted molar refractivity (Wildman–Crippen MR) is 263 cm³/mol. The van der Waals surface area contributed by atoms with Gasteiger partial charge in [-0.25, -0.2) is 0 Å². The van der Waals surface area contributed by atoms with E-state index >= 15 is 0 Å². The van der Waals surface area contributed by atoms with Crippen molar-refractivity contribution in [1.82, 2.24) is 0 Å². The van der Waals surface area contributed by atoms with E-state index in [9.17, 15) is 0 Å². The van der Waals surface area contributed by atoms with Crippen LogP contribution in [0.4, 0.5) is 34.1 Å². The van der Waals surface area contributed by atoms with Crippen LogP contribution >= 0.6 is 47.0 Å². The van der Waals surface area contributed by atoms with Gasteiger partial charge in [-0.05, 0) is 120 Å². The molecular weight excluding hydrogens is 880 g/mol. The molecule has 0 aliphatic carbocycles. The molecule has 11 heteroatoms. The molecular formula is C54H29BN2O4S4. The number of benzene rings is 9. The number of hydrogen-bond donors (Lipinski definition) is 0. The number of nitrogens with zero attached hydrogens (tertiary/aromatic N) is 2. The van der Waals surface area contributed by atoms with Gasteiger partial charge in [0, 0.05) is 52.3 Å². The fourth-order valence-electron chi connectivity index (χ4n) is 9.84. The smallest absolute Gasteiger partial charge is 0.252 e. The van der Waals surface area contributed by atoms with Crippen LogP contribution in [-0.2, 0) is 0 Å². The summed E-state index contributed by atoms with van der Waals surface area (Å²) in [5, 5.41) is 0. The average Bonchev–Trinajstić information content (AvgIpc) is 3.34. The van der Waals surface area contributed by atoms with E-state index in [1.54, 1.807) is 47.0 Å². The zero-order valence-electron chi connectivity index (χ0n) is 34.0. The average molecular weight is 909 g/mol. The first-order valence-electron chi connectivity index (χ1n) is 21.3. The van der Waals surface area contributed by atoms with E-state index in [0.29, 0.717) is 0 Å². The molecule has 0 radical (unpaired) electrons. The van der Waals surface area contributed by atoms with E-state index in [1.165, 1.54) is 16.4 Å². The molecule has 15 rings (SSSR count). The Kier molecular flexibility index (Phi) is 7.81. The molecule has 306 valence electrons. The van der Waals surface area contributed by atoms with E-state index in [4.69, 9.17) is 18.9 Å². The summed E-state index contributed by atoms with van der Waals surface area (Å²) in [6.45, 7) is -0.122. The first kappa shape index (κ1) is 36.6. The third kappa shape index (κ3) is 5.56. The zero-order valence-corrected chi connectivity index (χ0v) is 37.2. The molecule has 0 saturated heterocycles. The molecule has 0 bridgehead atoms. The minimum Gasteiger partial charge on any atom is -0.455 e. The van der Waals surface area contributed by atoms with Crippen molar-refractivity contribution in [3.05, 3.63) is 176 Å². The van der Waals surface area contributed by atoms with E-state index in [-0.39, 0.29) is 6.71 Å². The summed E-state index contributed by atoms with van der Waals surface area (Å²) in [6.07, 6.45) is 0. The van der Waals surface area contributed by atoms with Crippen molar-refractivity contribution in [2.75, 3.05) is 9.80 Å². The Bertz CT molecular complexity index is 3360. The molecule has 6 aliphatic rings. The summed E-state index contributed by atoms with van der Waals surface area (Å²) in [4.78, 5) is 13.6. The molecule has 6 aliphatic heterocycles. The van der Waals surface area contributed by atoms with Crippen LogP contribution in [0.3, 0.4) is 0 Å². The van der Waals surface area contributed by atoms with Crippen molar-refractivity contribution >= 4 is 104 Å². The normalized spacial score (nSPS) is 14.6. The summed E-state index contributed by atoms with van der Waals surface area (Å²) in [5.41, 5.74) is 10.0. The van der Waals surface area contributed by atoms with Crippen LogP contribution in [0.2, 0.25) is 0 Å². The quantitative estimate of drug-likeness (QED) is 0.157. The molecule has 0 spiro atoms. The van der Waals surface area contributed by atoms with Crippen LogP contribution < -0.4 is 45.1 Å². The Morgan fingerprint density at radius 1 is 0.292 bits per heavy atom. The van der Waals surface area contributed by atoms with Gasteiger partial charge in [0.05, 0.1) is 39.2 Å². The van der Waals surface area contributed by atoms with E-state index in [1.807, 2.05) is 36.4 Å². The predicted octanol–water partition coefficient (Wildman–Crippen LogP) is 14.8. The molecule has 0 saturated carbocycles. The highest BCUT2D eigenvalue weighted by molar-refractivity contribution is 8.00. The SMILES string of the molecule is c1ccc2c(c1)Oc1cc(N3c4cc5c(cc4B4c6cc7c(cc6N(c6ccc8c(c6)Sc6ccccc6O8)c6cccc3c64)Oc3ccccc3S7)Sc3ccccc3O5)ccc1S2. The van der Waals surface area contributed by atoms with Gasteiger partial charge in [0.25, 0.3) is 6.71 Å². The van der Waals surface area contributed by atoms with Gasteiger partial charge in [-0.2, -0.15) is 0 Å². The maximum Gasteiger partial charge on any atom is 0.252 e. The summed E-state index contributed by atoms with van der Waals surface area (Å²) in [7, 11) is 0. The van der Waals surface area contributed by atoms with Crippen molar-refractivity contribution in [2.24, 2.45) is 0 Å². The van der Waals surface area contributed by atoms with E-state index in [2.05, 4.69) is 149 Å². The standard InChI is InChI=1S/C54H29BN2O4S4/c1-6-17-47-38(12-1)58-42-22-20-31(25-51(42)63-47)57-35-11-9-10-34-54(35)55(33-27-53-45(29-37(33)57)61-41-15-4-8-19-49(41)65-53)32-26-52-44(60-40-14-3-7-18-48(40)64-52)28-36(32)56(34)30-21-23-50-43(24-30)59-39-13-2-5-16-46(39)62-50/h1-29H. The minimum absolute atomic E-state index is 0.122. The number of ether oxygens (including phenoxy) is 4. The van der Waals surface area contributed by atoms with Crippen LogP contribution in [0.5, 0.6) is 46.0 Å². The second-order valence-electron chi connectivity index (χ2n) is 16.4. The van der Waals surface area contributed by atoms with Gasteiger partial charge >= 0.3 is 0 Å². The first-order valence-corrected chi connectivity index (χ1v) is 24.6. The highest BCUT2D eigenvalue weighted by Gasteiger charge is 2.45. The molecule has 9 aromatic rings. The number of fused-ring (bicyclic) bond motifs is 12. The molecule has 0 fully saturated rings. The molecule has 6 heterocycles. The lowest BCUT2D eigenvalue weighted by Gasteiger charge is -2.45. The third-order valence-electron chi connectivity index (χ3n) is 12.6. The first-order chi connectivity index (χ1) is 32.1. The molecule has 9 aromatic carbocycles. The second-order valence-corrected chi connectivity index (χ2v) is 20.7. The Labute approximate surface area is 391 Å². The Morgan fingerprint density at radius 3 is 1.20 bits per heavy atom. The number of rotatable bonds is 2. The van der Waals surface area contributed by atoms with Gasteiger partial charge in [-0.3, -0.25) is 0 Å². The van der Waals surface area contributed by atoms with Crippen molar-refractivity contribution in [3.63, 3.8) is 0 Å². The molecule has 6 nitrogen and oxygen atoms in total. The Balaban J connectivity index is 0.969. The van der Waals surface area contributed by atoms with Crippen LogP contribution in [-0.4, -0.2) is 6.71 Å². The van der Waals surface area contributed by atoms with Crippen molar-refractivity contribution in [1.29, 1.82) is 0 Å². The van der Waals surface area contributed by atoms with Gasteiger partial charge in [-0.15, -0.1) is 0 Å². The lowest BCUT2D eigenvalue weighted by Crippen LogP contribution is -2.61. The minimum atomic E-state index is -0.122. The summed E-state index contributed by atoms with van der Waals surface area (Å²) < 4.78 is 26.6. The van der Waals surface area contributed by atoms with Gasteiger partial charge in [0.2, 0.25) is 0 Å². The number of hydrogen-bond acceptors (Lipinski definition) is 10. The van der Waals surface area contributed by atoms with Gasteiger partial charge in [0.1, 0.15) is 46.0 Å². The molecule has 0 N–H and O–H groups in total. The van der Waals surface area contributed by atoms with Gasteiger partial charge < -0.3 is 28.7 Å². The highest BCUT2D eigenvalue weighted by atomic mass is 32.2. The Hall–Kier alpha value is -6.76. The molecule has 0 amide bonds. The van der Waals surface area contributed by atoms with Gasteiger partial charge in [0.15, 0.2) is 0 Å². The van der Waals surface area contributed by atoms with Crippen molar-refractivity contribution < 1.29 is 18.9 Å². The molecule has 0 aromatic heterocycles. The Morgan fingerprint density at radius 2 is 0.677 bits per heavy atom. The van der Waals surface area contributed by atoms with E-state index < -0.39 is 0 Å². The fourth-order valence-corrected chi connectivity index (χ4v) is 13.7. The summed E-state index contributed by atoms with van der Waals surface area (Å²) >= 11 is 7.03. The van der Waals surface area contributed by atoms with Crippen molar-refractivity contribution in [3.8, 4) is 46.0 Å². The maximum absolute atomic E-state index is 6.76.